The van der Waals surface area contributed by atoms with Crippen molar-refractivity contribution in [3.8, 4) is 0 Å². The number of primary amides is 1. The molecule has 1 aliphatic rings. The zero-order valence-corrected chi connectivity index (χ0v) is 8.96. The van der Waals surface area contributed by atoms with Crippen LogP contribution in [0.5, 0.6) is 0 Å². The van der Waals surface area contributed by atoms with Gasteiger partial charge in [-0.1, -0.05) is 6.92 Å². The van der Waals surface area contributed by atoms with E-state index in [0.717, 1.165) is 39.0 Å². The lowest BCUT2D eigenvalue weighted by Gasteiger charge is -2.38. The number of nitrogens with zero attached hydrogens (tertiary/aromatic N) is 1. The number of rotatable bonds is 4. The molecule has 4 N–H and O–H groups in total. The van der Waals surface area contributed by atoms with Gasteiger partial charge in [-0.05, 0) is 37.9 Å². The van der Waals surface area contributed by atoms with Crippen LogP contribution in [0.1, 0.15) is 26.2 Å². The molecule has 1 heterocycles. The van der Waals surface area contributed by atoms with Crippen LogP contribution < -0.4 is 11.5 Å². The topological polar surface area (TPSA) is 72.3 Å². The summed E-state index contributed by atoms with van der Waals surface area (Å²) >= 11 is 0. The summed E-state index contributed by atoms with van der Waals surface area (Å²) in [5.41, 5.74) is 11.1. The van der Waals surface area contributed by atoms with E-state index in [9.17, 15) is 4.79 Å². The molecule has 0 aliphatic carbocycles. The summed E-state index contributed by atoms with van der Waals surface area (Å²) in [6.07, 6.45) is 2.73. The smallest absolute Gasteiger partial charge is 0.218 e. The highest BCUT2D eigenvalue weighted by Crippen LogP contribution is 2.29. The van der Waals surface area contributed by atoms with Gasteiger partial charge in [0, 0.05) is 13.0 Å². The Morgan fingerprint density at radius 3 is 2.43 bits per heavy atom. The normalized spacial score (nSPS) is 22.1. The van der Waals surface area contributed by atoms with Gasteiger partial charge < -0.3 is 16.4 Å². The van der Waals surface area contributed by atoms with Crippen molar-refractivity contribution in [3.63, 3.8) is 0 Å². The van der Waals surface area contributed by atoms with E-state index in [0.29, 0.717) is 11.8 Å². The molecule has 4 nitrogen and oxygen atoms in total. The van der Waals surface area contributed by atoms with Crippen LogP contribution in [0.2, 0.25) is 0 Å². The number of carbonyl (C=O) groups excluding carboxylic acids is 1. The first-order valence-electron chi connectivity index (χ1n) is 5.26. The zero-order valence-electron chi connectivity index (χ0n) is 8.96. The van der Waals surface area contributed by atoms with E-state index in [-0.39, 0.29) is 5.91 Å². The Labute approximate surface area is 85.6 Å². The first-order chi connectivity index (χ1) is 6.56. The van der Waals surface area contributed by atoms with Crippen LogP contribution in [-0.2, 0) is 4.79 Å². The van der Waals surface area contributed by atoms with E-state index in [4.69, 9.17) is 11.5 Å². The van der Waals surface area contributed by atoms with Gasteiger partial charge in [-0.2, -0.15) is 0 Å². The third-order valence-electron chi connectivity index (χ3n) is 3.23. The van der Waals surface area contributed by atoms with Gasteiger partial charge in [-0.25, -0.2) is 0 Å². The molecule has 1 rings (SSSR count). The lowest BCUT2D eigenvalue weighted by Crippen LogP contribution is -2.43. The largest absolute Gasteiger partial charge is 0.370 e. The minimum absolute atomic E-state index is 0.211. The van der Waals surface area contributed by atoms with E-state index in [1.54, 1.807) is 0 Å². The molecule has 14 heavy (non-hydrogen) atoms. The van der Waals surface area contributed by atoms with Gasteiger partial charge in [0.05, 0.1) is 0 Å². The van der Waals surface area contributed by atoms with E-state index in [2.05, 4.69) is 11.8 Å². The first-order valence-corrected chi connectivity index (χ1v) is 5.26. The highest BCUT2D eigenvalue weighted by Gasteiger charge is 2.28. The number of piperidine rings is 1. The molecule has 0 aromatic carbocycles. The Morgan fingerprint density at radius 1 is 1.43 bits per heavy atom. The SMILES string of the molecule is CC1(CN)CCN(CCC(N)=O)CC1. The Morgan fingerprint density at radius 2 is 2.00 bits per heavy atom. The molecule has 4 heteroatoms. The van der Waals surface area contributed by atoms with Crippen molar-refractivity contribution in [2.75, 3.05) is 26.2 Å². The molecule has 0 atom stereocenters. The fourth-order valence-corrected chi connectivity index (χ4v) is 1.79. The van der Waals surface area contributed by atoms with E-state index >= 15 is 0 Å². The molecular weight excluding hydrogens is 178 g/mol. The third kappa shape index (κ3) is 3.27. The van der Waals surface area contributed by atoms with Gasteiger partial charge in [0.25, 0.3) is 0 Å². The second kappa shape index (κ2) is 4.75. The van der Waals surface area contributed by atoms with E-state index in [1.807, 2.05) is 0 Å². The Kier molecular flexibility index (Phi) is 3.89. The first kappa shape index (κ1) is 11.5. The monoisotopic (exact) mass is 199 g/mol. The molecule has 0 radical (unpaired) electrons. The Bertz CT molecular complexity index is 198. The summed E-state index contributed by atoms with van der Waals surface area (Å²) in [6, 6.07) is 0. The highest BCUT2D eigenvalue weighted by molar-refractivity contribution is 5.73. The molecule has 1 fully saturated rings. The second-order valence-corrected chi connectivity index (χ2v) is 4.57. The van der Waals surface area contributed by atoms with Crippen molar-refractivity contribution < 1.29 is 4.79 Å². The van der Waals surface area contributed by atoms with Gasteiger partial charge in [0.1, 0.15) is 0 Å². The van der Waals surface area contributed by atoms with Crippen LogP contribution in [0, 0.1) is 5.41 Å². The molecule has 1 amide bonds. The van der Waals surface area contributed by atoms with Crippen LogP contribution in [0.3, 0.4) is 0 Å². The number of amides is 1. The number of hydrogen-bond acceptors (Lipinski definition) is 3. The lowest BCUT2D eigenvalue weighted by molar-refractivity contribution is -0.118. The summed E-state index contributed by atoms with van der Waals surface area (Å²) < 4.78 is 0. The summed E-state index contributed by atoms with van der Waals surface area (Å²) in [5, 5.41) is 0. The summed E-state index contributed by atoms with van der Waals surface area (Å²) in [4.78, 5) is 12.9. The molecule has 0 saturated carbocycles. The number of likely N-dealkylation sites (tertiary alicyclic amines) is 1. The Balaban J connectivity index is 2.25. The van der Waals surface area contributed by atoms with Gasteiger partial charge in [0.15, 0.2) is 0 Å². The Hall–Kier alpha value is -0.610. The van der Waals surface area contributed by atoms with Crippen molar-refractivity contribution in [2.45, 2.75) is 26.2 Å². The summed E-state index contributed by atoms with van der Waals surface area (Å²) in [6.45, 7) is 5.88. The van der Waals surface area contributed by atoms with Gasteiger partial charge in [-0.3, -0.25) is 4.79 Å². The molecule has 0 aromatic heterocycles. The average Bonchev–Trinajstić information content (AvgIpc) is 2.17. The van der Waals surface area contributed by atoms with E-state index < -0.39 is 0 Å². The van der Waals surface area contributed by atoms with E-state index in [1.165, 1.54) is 0 Å². The quantitative estimate of drug-likeness (QED) is 0.665. The maximum atomic E-state index is 10.6. The minimum atomic E-state index is -0.211. The van der Waals surface area contributed by atoms with Crippen molar-refractivity contribution in [1.29, 1.82) is 0 Å². The van der Waals surface area contributed by atoms with Crippen LogP contribution >= 0.6 is 0 Å². The number of hydrogen-bond donors (Lipinski definition) is 2. The molecule has 0 bridgehead atoms. The third-order valence-corrected chi connectivity index (χ3v) is 3.23. The molecule has 1 saturated heterocycles. The fourth-order valence-electron chi connectivity index (χ4n) is 1.79. The van der Waals surface area contributed by atoms with Gasteiger partial charge in [-0.15, -0.1) is 0 Å². The lowest BCUT2D eigenvalue weighted by atomic mass is 9.80. The van der Waals surface area contributed by atoms with Crippen LogP contribution in [0.4, 0.5) is 0 Å². The zero-order chi connectivity index (χ0) is 10.6. The number of nitrogens with two attached hydrogens (primary N) is 2. The van der Waals surface area contributed by atoms with Gasteiger partial charge >= 0.3 is 0 Å². The van der Waals surface area contributed by atoms with Crippen LogP contribution in [0.15, 0.2) is 0 Å². The molecule has 0 aromatic rings. The highest BCUT2D eigenvalue weighted by atomic mass is 16.1. The van der Waals surface area contributed by atoms with Crippen LogP contribution in [0.25, 0.3) is 0 Å². The average molecular weight is 199 g/mol. The molecule has 0 unspecified atom stereocenters. The summed E-state index contributed by atoms with van der Waals surface area (Å²) in [5.74, 6) is -0.211. The fraction of sp³-hybridized carbons (Fsp3) is 0.900. The maximum Gasteiger partial charge on any atom is 0.218 e. The standard InChI is InChI=1S/C10H21N3O/c1-10(8-11)3-6-13(7-4-10)5-2-9(12)14/h2-8,11H2,1H3,(H2,12,14). The van der Waals surface area contributed by atoms with Crippen molar-refractivity contribution in [3.05, 3.63) is 0 Å². The summed E-state index contributed by atoms with van der Waals surface area (Å²) in [7, 11) is 0. The van der Waals surface area contributed by atoms with Crippen molar-refractivity contribution >= 4 is 5.91 Å². The molecule has 82 valence electrons. The molecular formula is C10H21N3O. The van der Waals surface area contributed by atoms with Gasteiger partial charge in [0.2, 0.25) is 5.91 Å². The minimum Gasteiger partial charge on any atom is -0.370 e. The maximum absolute atomic E-state index is 10.6. The van der Waals surface area contributed by atoms with Crippen LogP contribution in [-0.4, -0.2) is 37.0 Å². The van der Waals surface area contributed by atoms with Crippen molar-refractivity contribution in [2.24, 2.45) is 16.9 Å². The van der Waals surface area contributed by atoms with Crippen molar-refractivity contribution in [1.82, 2.24) is 4.90 Å². The predicted octanol–water partition coefficient (Wildman–Crippen LogP) is -0.0774. The molecule has 1 aliphatic heterocycles. The predicted molar refractivity (Wildman–Crippen MR) is 56.6 cm³/mol. The number of carbonyl (C=O) groups is 1. The second-order valence-electron chi connectivity index (χ2n) is 4.57. The molecule has 0 spiro atoms.